The molecular weight excluding hydrogens is 842 g/mol. The number of rotatable bonds is 32. The molecule has 12 N–H and O–H groups in total. The van der Waals surface area contributed by atoms with Gasteiger partial charge in [-0.05, 0) is 38.5 Å². The van der Waals surface area contributed by atoms with E-state index in [1.165, 1.54) is 32.1 Å². The summed E-state index contributed by atoms with van der Waals surface area (Å²) in [5.41, 5.74) is 0. The average molecular weight is 926 g/mol. The first-order chi connectivity index (χ1) is 30.8. The van der Waals surface area contributed by atoms with E-state index in [1.54, 1.807) is 0 Å². The van der Waals surface area contributed by atoms with Crippen LogP contribution >= 0.6 is 0 Å². The van der Waals surface area contributed by atoms with Gasteiger partial charge in [-0.2, -0.15) is 0 Å². The van der Waals surface area contributed by atoms with E-state index < -0.39 is 124 Å². The summed E-state index contributed by atoms with van der Waals surface area (Å²) in [5, 5.41) is 119. The third-order valence-electron chi connectivity index (χ3n) is 12.3. The molecule has 3 aliphatic rings. The molecule has 0 saturated carbocycles. The van der Waals surface area contributed by atoms with Gasteiger partial charge in [-0.25, -0.2) is 0 Å². The van der Waals surface area contributed by atoms with Gasteiger partial charge in [-0.15, -0.1) is 0 Å². The van der Waals surface area contributed by atoms with Crippen LogP contribution in [0.15, 0.2) is 12.2 Å². The number of aliphatic hydroxyl groups is 11. The van der Waals surface area contributed by atoms with Gasteiger partial charge in [0, 0.05) is 6.42 Å². The van der Waals surface area contributed by atoms with Gasteiger partial charge in [0.15, 0.2) is 18.9 Å². The molecule has 0 aromatic rings. The largest absolute Gasteiger partial charge is 0.394 e. The monoisotopic (exact) mass is 926 g/mol. The zero-order valence-corrected chi connectivity index (χ0v) is 38.0. The minimum atomic E-state index is -1.97. The SMILES string of the molecule is CCCCCCC/C=C\CCCCCCCC(=O)NC(COC1OC(CO)C(OC2OC(CO)C(OC3OC(CO)C(O)C(O)C3O)C(O)C2O)C(O)C1O)C(O)CCCCCCC. The standard InChI is InChI=1S/C45H83NO18/c1-3-5-7-9-10-11-12-13-14-15-16-17-19-21-23-33(51)46-28(29(50)22-20-18-8-6-4-2)27-59-43-39(57)36(54)41(31(25-48)61-43)64-45-40(58)37(55)42(32(26-49)62-45)63-44-38(56)35(53)34(52)30(24-47)60-44/h12-13,28-32,34-45,47-50,52-58H,3-11,14-27H2,1-2H3,(H,46,51)/b13-12-. The van der Waals surface area contributed by atoms with Gasteiger partial charge in [-0.1, -0.05) is 103 Å². The third-order valence-corrected chi connectivity index (χ3v) is 12.3. The summed E-state index contributed by atoms with van der Waals surface area (Å²) in [6, 6.07) is -0.882. The van der Waals surface area contributed by atoms with Crippen molar-refractivity contribution in [2.24, 2.45) is 0 Å². The van der Waals surface area contributed by atoms with Crippen LogP contribution in [-0.2, 0) is 33.2 Å². The first-order valence-electron chi connectivity index (χ1n) is 23.9. The summed E-state index contributed by atoms with van der Waals surface area (Å²) in [6.45, 7) is 1.62. The molecule has 0 bridgehead atoms. The van der Waals surface area contributed by atoms with Crippen molar-refractivity contribution in [3.63, 3.8) is 0 Å². The molecule has 17 atom stereocenters. The Morgan fingerprint density at radius 3 is 1.52 bits per heavy atom. The van der Waals surface area contributed by atoms with Crippen LogP contribution in [0.3, 0.4) is 0 Å². The fourth-order valence-electron chi connectivity index (χ4n) is 8.25. The highest BCUT2D eigenvalue weighted by Gasteiger charge is 2.53. The topological polar surface area (TPSA) is 307 Å². The number of carbonyl (C=O) groups is 1. The second kappa shape index (κ2) is 31.6. The maximum absolute atomic E-state index is 13.1. The van der Waals surface area contributed by atoms with Gasteiger partial charge in [-0.3, -0.25) is 4.79 Å². The summed E-state index contributed by atoms with van der Waals surface area (Å²) in [5.74, 6) is -0.261. The minimum absolute atomic E-state index is 0.256. The van der Waals surface area contributed by atoms with E-state index in [9.17, 15) is 61.0 Å². The molecule has 0 aromatic carbocycles. The summed E-state index contributed by atoms with van der Waals surface area (Å²) in [6.07, 6.45) is -3.18. The highest BCUT2D eigenvalue weighted by Crippen LogP contribution is 2.33. The van der Waals surface area contributed by atoms with Crippen molar-refractivity contribution < 1.29 is 89.4 Å². The lowest BCUT2D eigenvalue weighted by Gasteiger charge is -2.48. The minimum Gasteiger partial charge on any atom is -0.394 e. The van der Waals surface area contributed by atoms with Crippen molar-refractivity contribution in [3.05, 3.63) is 12.2 Å². The molecule has 0 radical (unpaired) electrons. The van der Waals surface area contributed by atoms with Crippen LogP contribution in [0.25, 0.3) is 0 Å². The maximum Gasteiger partial charge on any atom is 0.220 e. The summed E-state index contributed by atoms with van der Waals surface area (Å²) in [4.78, 5) is 13.1. The van der Waals surface area contributed by atoms with Crippen molar-refractivity contribution in [3.8, 4) is 0 Å². The summed E-state index contributed by atoms with van der Waals surface area (Å²) < 4.78 is 34.0. The third kappa shape index (κ3) is 18.2. The highest BCUT2D eigenvalue weighted by molar-refractivity contribution is 5.76. The molecule has 1 amide bonds. The van der Waals surface area contributed by atoms with Crippen LogP contribution in [0.5, 0.6) is 0 Å². The van der Waals surface area contributed by atoms with Crippen LogP contribution in [0.4, 0.5) is 0 Å². The van der Waals surface area contributed by atoms with Crippen molar-refractivity contribution in [2.75, 3.05) is 26.4 Å². The van der Waals surface area contributed by atoms with Crippen LogP contribution in [0, 0.1) is 0 Å². The Hall–Kier alpha value is -1.47. The first-order valence-corrected chi connectivity index (χ1v) is 23.9. The Morgan fingerprint density at radius 2 is 0.984 bits per heavy atom. The first kappa shape index (κ1) is 56.9. The molecule has 0 aliphatic carbocycles. The van der Waals surface area contributed by atoms with Crippen molar-refractivity contribution in [1.29, 1.82) is 0 Å². The van der Waals surface area contributed by atoms with E-state index in [4.69, 9.17) is 28.4 Å². The van der Waals surface area contributed by atoms with E-state index >= 15 is 0 Å². The zero-order chi connectivity index (χ0) is 47.0. The number of hydrogen-bond acceptors (Lipinski definition) is 18. The molecular formula is C45H83NO18. The van der Waals surface area contributed by atoms with Crippen molar-refractivity contribution >= 4 is 5.91 Å². The zero-order valence-electron chi connectivity index (χ0n) is 38.0. The van der Waals surface area contributed by atoms with Gasteiger partial charge in [0.25, 0.3) is 0 Å². The molecule has 376 valence electrons. The Balaban J connectivity index is 1.53. The molecule has 3 aliphatic heterocycles. The molecule has 0 spiro atoms. The molecule has 3 heterocycles. The number of ether oxygens (including phenoxy) is 6. The number of carbonyl (C=O) groups excluding carboxylic acids is 1. The fraction of sp³-hybridized carbons (Fsp3) is 0.933. The van der Waals surface area contributed by atoms with Crippen LogP contribution in [0.1, 0.15) is 136 Å². The molecule has 19 nitrogen and oxygen atoms in total. The number of amides is 1. The normalized spacial score (nSPS) is 34.5. The number of hydrogen-bond donors (Lipinski definition) is 12. The smallest absolute Gasteiger partial charge is 0.220 e. The average Bonchev–Trinajstić information content (AvgIpc) is 3.29. The van der Waals surface area contributed by atoms with Crippen LogP contribution in [0.2, 0.25) is 0 Å². The summed E-state index contributed by atoms with van der Waals surface area (Å²) in [7, 11) is 0. The lowest BCUT2D eigenvalue weighted by Crippen LogP contribution is -2.66. The Morgan fingerprint density at radius 1 is 0.547 bits per heavy atom. The van der Waals surface area contributed by atoms with Gasteiger partial charge in [0.1, 0.15) is 73.2 Å². The predicted octanol–water partition coefficient (Wildman–Crippen LogP) is 0.305. The molecule has 17 unspecified atom stereocenters. The molecule has 3 saturated heterocycles. The van der Waals surface area contributed by atoms with E-state index in [0.717, 1.165) is 70.6 Å². The second-order valence-electron chi connectivity index (χ2n) is 17.6. The van der Waals surface area contributed by atoms with Crippen molar-refractivity contribution in [1.82, 2.24) is 5.32 Å². The number of aliphatic hydroxyl groups excluding tert-OH is 11. The Labute approximate surface area is 378 Å². The van der Waals surface area contributed by atoms with Gasteiger partial charge < -0.3 is 89.9 Å². The van der Waals surface area contributed by atoms with Crippen LogP contribution < -0.4 is 5.32 Å². The number of allylic oxidation sites excluding steroid dienone is 2. The Bertz CT molecular complexity index is 1250. The molecule has 3 rings (SSSR count). The molecule has 64 heavy (non-hydrogen) atoms. The predicted molar refractivity (Wildman–Crippen MR) is 231 cm³/mol. The number of unbranched alkanes of at least 4 members (excludes halogenated alkanes) is 14. The number of nitrogens with one attached hydrogen (secondary N) is 1. The quantitative estimate of drug-likeness (QED) is 0.0319. The highest BCUT2D eigenvalue weighted by atomic mass is 16.8. The van der Waals surface area contributed by atoms with Crippen molar-refractivity contribution in [2.45, 2.75) is 240 Å². The summed E-state index contributed by atoms with van der Waals surface area (Å²) >= 11 is 0. The second-order valence-corrected chi connectivity index (χ2v) is 17.6. The Kier molecular flexibility index (Phi) is 28.0. The lowest BCUT2D eigenvalue weighted by molar-refractivity contribution is -0.379. The maximum atomic E-state index is 13.1. The molecule has 3 fully saturated rings. The molecule has 19 heteroatoms. The van der Waals surface area contributed by atoms with E-state index in [-0.39, 0.29) is 18.9 Å². The fourth-order valence-corrected chi connectivity index (χ4v) is 8.25. The van der Waals surface area contributed by atoms with Crippen LogP contribution in [-0.4, -0.2) is 193 Å². The molecule has 0 aromatic heterocycles. The van der Waals surface area contributed by atoms with E-state index in [1.807, 2.05) is 0 Å². The lowest BCUT2D eigenvalue weighted by atomic mass is 9.96. The van der Waals surface area contributed by atoms with Gasteiger partial charge >= 0.3 is 0 Å². The van der Waals surface area contributed by atoms with Gasteiger partial charge in [0.05, 0.1) is 38.6 Å². The van der Waals surface area contributed by atoms with E-state index in [0.29, 0.717) is 12.8 Å². The van der Waals surface area contributed by atoms with Gasteiger partial charge in [0.2, 0.25) is 5.91 Å². The van der Waals surface area contributed by atoms with E-state index in [2.05, 4.69) is 31.3 Å².